The topological polar surface area (TPSA) is 52.3 Å². The Morgan fingerprint density at radius 3 is 2.72 bits per heavy atom. The lowest BCUT2D eigenvalue weighted by Gasteiger charge is -2.31. The third kappa shape index (κ3) is 2.88. The predicted molar refractivity (Wildman–Crippen MR) is 67.1 cm³/mol. The molecule has 0 radical (unpaired) electrons. The minimum absolute atomic E-state index is 0.0553. The third-order valence-electron chi connectivity index (χ3n) is 3.29. The zero-order valence-corrected chi connectivity index (χ0v) is 10.7. The van der Waals surface area contributed by atoms with Crippen LogP contribution in [0.2, 0.25) is 5.02 Å². The van der Waals surface area contributed by atoms with Gasteiger partial charge in [-0.2, -0.15) is 0 Å². The summed E-state index contributed by atoms with van der Waals surface area (Å²) in [5.74, 6) is -0.590. The Bertz CT molecular complexity index is 458. The fraction of sp³-hybridized carbons (Fsp3) is 0.462. The molecule has 0 unspecified atom stereocenters. The molecule has 5 heteroatoms. The highest BCUT2D eigenvalue weighted by atomic mass is 35.5. The second-order valence-corrected chi connectivity index (χ2v) is 5.02. The molecule has 1 saturated heterocycles. The fourth-order valence-corrected chi connectivity index (χ4v) is 2.14. The highest BCUT2D eigenvalue weighted by Gasteiger charge is 2.35. The fourth-order valence-electron chi connectivity index (χ4n) is 2.03. The van der Waals surface area contributed by atoms with Gasteiger partial charge in [-0.3, -0.25) is 4.79 Å². The Balaban J connectivity index is 2.08. The van der Waals surface area contributed by atoms with E-state index in [2.05, 4.69) is 0 Å². The summed E-state index contributed by atoms with van der Waals surface area (Å²) >= 11 is 5.59. The van der Waals surface area contributed by atoms with E-state index in [1.165, 1.54) is 12.1 Å². The first-order valence-corrected chi connectivity index (χ1v) is 6.23. The molecule has 18 heavy (non-hydrogen) atoms. The second-order valence-electron chi connectivity index (χ2n) is 4.62. The van der Waals surface area contributed by atoms with Gasteiger partial charge in [0.15, 0.2) is 5.78 Å². The van der Waals surface area contributed by atoms with Crippen molar-refractivity contribution >= 4 is 17.4 Å². The Labute approximate surface area is 110 Å². The Kier molecular flexibility index (Phi) is 4.00. The molecule has 1 aromatic carbocycles. The summed E-state index contributed by atoms with van der Waals surface area (Å²) in [6, 6.07) is 4.38. The monoisotopic (exact) mass is 271 g/mol. The van der Waals surface area contributed by atoms with Crippen molar-refractivity contribution in [2.75, 3.05) is 13.2 Å². The van der Waals surface area contributed by atoms with E-state index < -0.39 is 11.4 Å². The summed E-state index contributed by atoms with van der Waals surface area (Å²) in [6.45, 7) is 0.994. The number of ketones is 1. The molecule has 1 heterocycles. The summed E-state index contributed by atoms with van der Waals surface area (Å²) in [4.78, 5) is 12.1. The maximum absolute atomic E-state index is 13.3. The van der Waals surface area contributed by atoms with Crippen LogP contribution >= 0.6 is 11.6 Å². The third-order valence-corrected chi connectivity index (χ3v) is 3.60. The van der Waals surface area contributed by atoms with Gasteiger partial charge < -0.3 is 10.5 Å². The molecule has 2 N–H and O–H groups in total. The molecule has 0 aromatic heterocycles. The van der Waals surface area contributed by atoms with Crippen LogP contribution in [0.15, 0.2) is 18.2 Å². The molecule has 2 rings (SSSR count). The van der Waals surface area contributed by atoms with E-state index in [1.54, 1.807) is 6.07 Å². The van der Waals surface area contributed by atoms with Crippen LogP contribution in [0, 0.1) is 5.82 Å². The smallest absolute Gasteiger partial charge is 0.157 e. The zero-order valence-electron chi connectivity index (χ0n) is 9.92. The van der Waals surface area contributed by atoms with Gasteiger partial charge in [-0.15, -0.1) is 0 Å². The number of hydrogen-bond donors (Lipinski definition) is 1. The van der Waals surface area contributed by atoms with Gasteiger partial charge in [-0.05, 0) is 30.5 Å². The summed E-state index contributed by atoms with van der Waals surface area (Å²) in [5, 5.41) is 0.0553. The van der Waals surface area contributed by atoms with Gasteiger partial charge in [0.25, 0.3) is 0 Å². The first kappa shape index (κ1) is 13.5. The van der Waals surface area contributed by atoms with E-state index in [1.807, 2.05) is 0 Å². The van der Waals surface area contributed by atoms with E-state index in [0.717, 1.165) is 0 Å². The maximum atomic E-state index is 13.3. The van der Waals surface area contributed by atoms with Crippen LogP contribution in [0.5, 0.6) is 0 Å². The number of hydrogen-bond acceptors (Lipinski definition) is 3. The van der Waals surface area contributed by atoms with Crippen LogP contribution in [-0.4, -0.2) is 24.5 Å². The van der Waals surface area contributed by atoms with Crippen molar-refractivity contribution in [2.24, 2.45) is 5.73 Å². The number of carbonyl (C=O) groups excluding carboxylic acids is 1. The first-order valence-electron chi connectivity index (χ1n) is 5.85. The molecule has 0 aliphatic carbocycles. The lowest BCUT2D eigenvalue weighted by atomic mass is 9.84. The number of carbonyl (C=O) groups is 1. The highest BCUT2D eigenvalue weighted by molar-refractivity contribution is 6.30. The number of rotatable bonds is 3. The van der Waals surface area contributed by atoms with Crippen molar-refractivity contribution in [1.29, 1.82) is 0 Å². The van der Waals surface area contributed by atoms with Crippen LogP contribution in [-0.2, 0) is 16.0 Å². The largest absolute Gasteiger partial charge is 0.381 e. The van der Waals surface area contributed by atoms with Crippen LogP contribution in [0.3, 0.4) is 0 Å². The van der Waals surface area contributed by atoms with Gasteiger partial charge in [-0.25, -0.2) is 4.39 Å². The molecule has 3 nitrogen and oxygen atoms in total. The van der Waals surface area contributed by atoms with Gasteiger partial charge in [-0.1, -0.05) is 17.7 Å². The van der Waals surface area contributed by atoms with E-state index >= 15 is 0 Å². The number of ether oxygens (including phenoxy) is 1. The predicted octanol–water partition coefficient (Wildman–Crippen LogP) is 2.10. The van der Waals surface area contributed by atoms with E-state index in [4.69, 9.17) is 22.1 Å². The Hall–Kier alpha value is -0.970. The standard InChI is InChI=1S/C13H15ClFNO2/c14-10-2-1-9(7-11(10)15)8-12(17)13(16)3-5-18-6-4-13/h1-2,7H,3-6,8,16H2. The summed E-state index contributed by atoms with van der Waals surface area (Å²) < 4.78 is 18.5. The molecule has 1 aromatic rings. The van der Waals surface area contributed by atoms with E-state index in [9.17, 15) is 9.18 Å². The number of Topliss-reactive ketones (excluding diaryl/α,β-unsaturated/α-hetero) is 1. The highest BCUT2D eigenvalue weighted by Crippen LogP contribution is 2.22. The average Bonchev–Trinajstić information content (AvgIpc) is 2.35. The van der Waals surface area contributed by atoms with E-state index in [0.29, 0.717) is 31.6 Å². The molecule has 1 fully saturated rings. The number of nitrogens with two attached hydrogens (primary N) is 1. The molecule has 0 amide bonds. The molecular formula is C13H15ClFNO2. The van der Waals surface area contributed by atoms with Crippen LogP contribution < -0.4 is 5.73 Å². The van der Waals surface area contributed by atoms with Gasteiger partial charge in [0.1, 0.15) is 5.82 Å². The second kappa shape index (κ2) is 5.34. The summed E-state index contributed by atoms with van der Waals surface area (Å²) in [7, 11) is 0. The molecule has 98 valence electrons. The minimum atomic E-state index is -0.839. The van der Waals surface area contributed by atoms with Crippen molar-refractivity contribution in [2.45, 2.75) is 24.8 Å². The molecular weight excluding hydrogens is 257 g/mol. The van der Waals surface area contributed by atoms with Crippen LogP contribution in [0.25, 0.3) is 0 Å². The SMILES string of the molecule is NC1(C(=O)Cc2ccc(Cl)c(F)c2)CCOCC1. The van der Waals surface area contributed by atoms with Gasteiger partial charge >= 0.3 is 0 Å². The number of halogens is 2. The molecule has 0 spiro atoms. The van der Waals surface area contributed by atoms with Crippen molar-refractivity contribution in [1.82, 2.24) is 0 Å². The Morgan fingerprint density at radius 1 is 1.44 bits per heavy atom. The van der Waals surface area contributed by atoms with Crippen molar-refractivity contribution < 1.29 is 13.9 Å². The molecule has 1 aliphatic rings. The maximum Gasteiger partial charge on any atom is 0.157 e. The molecule has 0 atom stereocenters. The van der Waals surface area contributed by atoms with Gasteiger partial charge in [0.2, 0.25) is 0 Å². The Morgan fingerprint density at radius 2 is 2.11 bits per heavy atom. The average molecular weight is 272 g/mol. The minimum Gasteiger partial charge on any atom is -0.381 e. The quantitative estimate of drug-likeness (QED) is 0.916. The van der Waals surface area contributed by atoms with Crippen LogP contribution in [0.1, 0.15) is 18.4 Å². The molecule has 0 bridgehead atoms. The lowest BCUT2D eigenvalue weighted by Crippen LogP contribution is -2.52. The first-order chi connectivity index (χ1) is 8.51. The normalized spacial score (nSPS) is 18.6. The van der Waals surface area contributed by atoms with Gasteiger partial charge in [0.05, 0.1) is 10.6 Å². The molecule has 1 aliphatic heterocycles. The molecule has 0 saturated carbocycles. The van der Waals surface area contributed by atoms with Crippen molar-refractivity contribution in [3.8, 4) is 0 Å². The number of benzene rings is 1. The lowest BCUT2D eigenvalue weighted by molar-refractivity contribution is -0.126. The van der Waals surface area contributed by atoms with Crippen molar-refractivity contribution in [3.05, 3.63) is 34.6 Å². The van der Waals surface area contributed by atoms with E-state index in [-0.39, 0.29) is 17.2 Å². The summed E-state index contributed by atoms with van der Waals surface area (Å²) in [5.41, 5.74) is 5.83. The van der Waals surface area contributed by atoms with Gasteiger partial charge in [0, 0.05) is 19.6 Å². The zero-order chi connectivity index (χ0) is 13.2. The van der Waals surface area contributed by atoms with Crippen molar-refractivity contribution in [3.63, 3.8) is 0 Å². The summed E-state index contributed by atoms with van der Waals surface area (Å²) in [6.07, 6.45) is 1.16. The van der Waals surface area contributed by atoms with Crippen LogP contribution in [0.4, 0.5) is 4.39 Å².